The van der Waals surface area contributed by atoms with Crippen molar-refractivity contribution in [2.75, 3.05) is 33.3 Å². The molecule has 4 aromatic rings. The van der Waals surface area contributed by atoms with Gasteiger partial charge in [-0.25, -0.2) is 4.98 Å². The number of hydrogen-bond donors (Lipinski definition) is 0. The van der Waals surface area contributed by atoms with Crippen molar-refractivity contribution >= 4 is 32.6 Å². The van der Waals surface area contributed by atoms with Crippen LogP contribution in [-0.4, -0.2) is 44.3 Å². The van der Waals surface area contributed by atoms with E-state index < -0.39 is 0 Å². The number of amides is 1. The fourth-order valence-electron chi connectivity index (χ4n) is 3.38. The predicted molar refractivity (Wildman–Crippen MR) is 127 cm³/mol. The summed E-state index contributed by atoms with van der Waals surface area (Å²) in [6, 6.07) is 12.4. The highest BCUT2D eigenvalue weighted by Gasteiger charge is 2.25. The molecule has 0 spiro atoms. The third-order valence-electron chi connectivity index (χ3n) is 5.04. The van der Waals surface area contributed by atoms with E-state index in [1.54, 1.807) is 70.0 Å². The minimum absolute atomic E-state index is 0.256. The number of carbonyl (C=O) groups excluding carboxylic acids is 1. The van der Waals surface area contributed by atoms with Gasteiger partial charge in [0.25, 0.3) is 5.91 Å². The Balaban J connectivity index is 1.85. The summed E-state index contributed by atoms with van der Waals surface area (Å²) in [5.74, 6) is 2.04. The van der Waals surface area contributed by atoms with E-state index in [0.717, 1.165) is 10.3 Å². The van der Waals surface area contributed by atoms with Crippen LogP contribution < -0.4 is 23.8 Å². The molecular weight excluding hydrogens is 442 g/mol. The molecule has 2 aromatic carbocycles. The van der Waals surface area contributed by atoms with E-state index in [2.05, 4.69) is 4.98 Å². The van der Waals surface area contributed by atoms with Crippen molar-refractivity contribution in [3.8, 4) is 23.0 Å². The van der Waals surface area contributed by atoms with E-state index in [4.69, 9.17) is 23.9 Å². The van der Waals surface area contributed by atoms with E-state index in [9.17, 15) is 4.79 Å². The summed E-state index contributed by atoms with van der Waals surface area (Å²) in [6.07, 6.45) is 3.41. The Labute approximate surface area is 195 Å². The van der Waals surface area contributed by atoms with Crippen LogP contribution in [0.4, 0.5) is 5.13 Å². The second-order valence-corrected chi connectivity index (χ2v) is 7.98. The summed E-state index contributed by atoms with van der Waals surface area (Å²) in [7, 11) is 6.27. The van der Waals surface area contributed by atoms with Crippen LogP contribution in [0.5, 0.6) is 23.0 Å². The van der Waals surface area contributed by atoms with Crippen LogP contribution in [0, 0.1) is 0 Å². The molecule has 8 nitrogen and oxygen atoms in total. The average Bonchev–Trinajstić information content (AvgIpc) is 3.31. The fourth-order valence-corrected chi connectivity index (χ4v) is 4.45. The number of anilines is 1. The number of thiazole rings is 1. The van der Waals surface area contributed by atoms with Gasteiger partial charge in [-0.3, -0.25) is 14.7 Å². The number of ether oxygens (including phenoxy) is 4. The highest BCUT2D eigenvalue weighted by atomic mass is 32.1. The molecule has 0 N–H and O–H groups in total. The monoisotopic (exact) mass is 465 g/mol. The summed E-state index contributed by atoms with van der Waals surface area (Å²) < 4.78 is 22.5. The lowest BCUT2D eigenvalue weighted by molar-refractivity contribution is 0.0984. The molecule has 0 unspecified atom stereocenters. The van der Waals surface area contributed by atoms with Crippen LogP contribution in [0.25, 0.3) is 10.2 Å². The van der Waals surface area contributed by atoms with Crippen molar-refractivity contribution in [1.29, 1.82) is 0 Å². The summed E-state index contributed by atoms with van der Waals surface area (Å²) in [4.78, 5) is 24.3. The molecule has 0 bridgehead atoms. The van der Waals surface area contributed by atoms with Crippen molar-refractivity contribution in [3.05, 3.63) is 66.0 Å². The van der Waals surface area contributed by atoms with Crippen LogP contribution in [0.3, 0.4) is 0 Å². The maximum atomic E-state index is 13.8. The Morgan fingerprint density at radius 1 is 0.939 bits per heavy atom. The fraction of sp³-hybridized carbons (Fsp3) is 0.208. The zero-order chi connectivity index (χ0) is 23.4. The summed E-state index contributed by atoms with van der Waals surface area (Å²) in [5.41, 5.74) is 1.90. The van der Waals surface area contributed by atoms with Crippen LogP contribution in [0.1, 0.15) is 15.9 Å². The molecule has 0 aliphatic carbocycles. The van der Waals surface area contributed by atoms with Gasteiger partial charge < -0.3 is 18.9 Å². The second-order valence-electron chi connectivity index (χ2n) is 7.00. The number of aromatic nitrogens is 2. The Kier molecular flexibility index (Phi) is 6.60. The second kappa shape index (κ2) is 9.74. The predicted octanol–water partition coefficient (Wildman–Crippen LogP) is 4.57. The summed E-state index contributed by atoms with van der Waals surface area (Å²) >= 11 is 1.35. The first-order valence-electron chi connectivity index (χ1n) is 10.0. The average molecular weight is 466 g/mol. The quantitative estimate of drug-likeness (QED) is 0.377. The number of hydrogen-bond acceptors (Lipinski definition) is 8. The van der Waals surface area contributed by atoms with Gasteiger partial charge in [0, 0.05) is 24.0 Å². The first kappa shape index (κ1) is 22.3. The molecule has 0 radical (unpaired) electrons. The van der Waals surface area contributed by atoms with Gasteiger partial charge in [-0.15, -0.1) is 0 Å². The maximum absolute atomic E-state index is 13.8. The van der Waals surface area contributed by atoms with E-state index in [1.807, 2.05) is 18.2 Å². The summed E-state index contributed by atoms with van der Waals surface area (Å²) in [6.45, 7) is 0.274. The lowest BCUT2D eigenvalue weighted by Gasteiger charge is -2.20. The molecule has 9 heteroatoms. The zero-order valence-electron chi connectivity index (χ0n) is 18.7. The SMILES string of the molecule is COc1cc(OC)cc(C(=O)N(Cc2cccnc2)c2nc3c(OC)ccc(OC)c3s2)c1. The molecule has 170 valence electrons. The van der Waals surface area contributed by atoms with Gasteiger partial charge in [-0.2, -0.15) is 0 Å². The molecule has 0 aliphatic rings. The number of rotatable bonds is 8. The lowest BCUT2D eigenvalue weighted by Crippen LogP contribution is -2.30. The Hall–Kier alpha value is -3.85. The first-order chi connectivity index (χ1) is 16.1. The lowest BCUT2D eigenvalue weighted by atomic mass is 10.1. The summed E-state index contributed by atoms with van der Waals surface area (Å²) in [5, 5.41) is 0.503. The maximum Gasteiger partial charge on any atom is 0.260 e. The zero-order valence-corrected chi connectivity index (χ0v) is 19.5. The number of methoxy groups -OCH3 is 4. The van der Waals surface area contributed by atoms with Gasteiger partial charge in [0.15, 0.2) is 5.13 Å². The Bertz CT molecular complexity index is 1210. The largest absolute Gasteiger partial charge is 0.497 e. The van der Waals surface area contributed by atoms with Gasteiger partial charge in [0.1, 0.15) is 33.2 Å². The molecule has 0 saturated carbocycles. The smallest absolute Gasteiger partial charge is 0.260 e. The standard InChI is InChI=1S/C24H23N3O5S/c1-29-17-10-16(11-18(12-17)30-2)23(28)27(14-15-6-5-9-25-13-15)24-26-21-19(31-3)7-8-20(32-4)22(21)33-24/h5-13H,14H2,1-4H3. The minimum Gasteiger partial charge on any atom is -0.497 e. The number of nitrogens with zero attached hydrogens (tertiary/aromatic N) is 3. The third-order valence-corrected chi connectivity index (χ3v) is 6.13. The van der Waals surface area contributed by atoms with Crippen LogP contribution >= 0.6 is 11.3 Å². The van der Waals surface area contributed by atoms with Gasteiger partial charge in [0.05, 0.1) is 35.0 Å². The molecule has 4 rings (SSSR count). The van der Waals surface area contributed by atoms with Crippen LogP contribution in [0.15, 0.2) is 54.9 Å². The minimum atomic E-state index is -0.256. The van der Waals surface area contributed by atoms with Gasteiger partial charge >= 0.3 is 0 Å². The molecule has 0 saturated heterocycles. The van der Waals surface area contributed by atoms with E-state index in [1.165, 1.54) is 11.3 Å². The molecule has 0 atom stereocenters. The number of carbonyl (C=O) groups is 1. The van der Waals surface area contributed by atoms with Gasteiger partial charge in [-0.05, 0) is 35.9 Å². The highest BCUT2D eigenvalue weighted by molar-refractivity contribution is 7.22. The third kappa shape index (κ3) is 4.54. The van der Waals surface area contributed by atoms with Crippen molar-refractivity contribution in [2.45, 2.75) is 6.54 Å². The molecule has 1 amide bonds. The number of benzene rings is 2. The number of fused-ring (bicyclic) bond motifs is 1. The topological polar surface area (TPSA) is 83.0 Å². The van der Waals surface area contributed by atoms with Crippen molar-refractivity contribution in [3.63, 3.8) is 0 Å². The molecule has 2 heterocycles. The molecule has 0 aliphatic heterocycles. The number of pyridine rings is 1. The van der Waals surface area contributed by atoms with Crippen molar-refractivity contribution < 1.29 is 23.7 Å². The molecule has 2 aromatic heterocycles. The highest BCUT2D eigenvalue weighted by Crippen LogP contribution is 2.41. The van der Waals surface area contributed by atoms with Crippen molar-refractivity contribution in [2.24, 2.45) is 0 Å². The van der Waals surface area contributed by atoms with Gasteiger partial charge in [0.2, 0.25) is 0 Å². The molecular formula is C24H23N3O5S. The molecule has 0 fully saturated rings. The normalized spacial score (nSPS) is 10.7. The van der Waals surface area contributed by atoms with Crippen LogP contribution in [-0.2, 0) is 6.54 Å². The molecule has 33 heavy (non-hydrogen) atoms. The van der Waals surface area contributed by atoms with Crippen molar-refractivity contribution in [1.82, 2.24) is 9.97 Å². The van der Waals surface area contributed by atoms with E-state index in [0.29, 0.717) is 39.2 Å². The van der Waals surface area contributed by atoms with E-state index >= 15 is 0 Å². The van der Waals surface area contributed by atoms with E-state index in [-0.39, 0.29) is 12.5 Å². The van der Waals surface area contributed by atoms with Gasteiger partial charge in [-0.1, -0.05) is 17.4 Å². The van der Waals surface area contributed by atoms with Crippen LogP contribution in [0.2, 0.25) is 0 Å². The first-order valence-corrected chi connectivity index (χ1v) is 10.8. The Morgan fingerprint density at radius 3 is 2.24 bits per heavy atom. The Morgan fingerprint density at radius 2 is 1.64 bits per heavy atom.